The third kappa shape index (κ3) is 2.84. The number of rotatable bonds is 6. The Balaban J connectivity index is 2.45. The highest BCUT2D eigenvalue weighted by Gasteiger charge is 2.16. The van der Waals surface area contributed by atoms with Crippen molar-refractivity contribution in [3.63, 3.8) is 0 Å². The molecule has 20 heavy (non-hydrogen) atoms. The van der Waals surface area contributed by atoms with E-state index in [0.29, 0.717) is 23.2 Å². The number of ether oxygens (including phenoxy) is 1. The van der Waals surface area contributed by atoms with Gasteiger partial charge in [-0.3, -0.25) is 15.1 Å². The standard InChI is InChI=1S/C13H15N3O4/c1-20-8-9(7-17)15-11-4-5-12(16(18)19)10-3-2-6-14-13(10)11/h2-6,9,15,17H,7-8H2,1H3. The molecule has 0 bridgehead atoms. The van der Waals surface area contributed by atoms with Crippen LogP contribution in [0.1, 0.15) is 0 Å². The number of nitro benzene ring substituents is 1. The summed E-state index contributed by atoms with van der Waals surface area (Å²) in [6.07, 6.45) is 1.57. The highest BCUT2D eigenvalue weighted by Crippen LogP contribution is 2.29. The Hall–Kier alpha value is -2.25. The average Bonchev–Trinajstić information content (AvgIpc) is 2.46. The quantitative estimate of drug-likeness (QED) is 0.614. The minimum Gasteiger partial charge on any atom is -0.394 e. The number of anilines is 1. The summed E-state index contributed by atoms with van der Waals surface area (Å²) >= 11 is 0. The highest BCUT2D eigenvalue weighted by atomic mass is 16.6. The number of methoxy groups -OCH3 is 1. The van der Waals surface area contributed by atoms with E-state index in [4.69, 9.17) is 4.74 Å². The Bertz CT molecular complexity index is 618. The van der Waals surface area contributed by atoms with Gasteiger partial charge >= 0.3 is 0 Å². The Morgan fingerprint density at radius 2 is 2.30 bits per heavy atom. The first-order chi connectivity index (χ1) is 9.67. The molecule has 0 fully saturated rings. The topological polar surface area (TPSA) is 97.5 Å². The van der Waals surface area contributed by atoms with Crippen molar-refractivity contribution in [2.24, 2.45) is 0 Å². The molecule has 0 saturated carbocycles. The fourth-order valence-electron chi connectivity index (χ4n) is 1.99. The molecule has 2 N–H and O–H groups in total. The van der Waals surface area contributed by atoms with Crippen LogP contribution in [-0.4, -0.2) is 41.4 Å². The largest absolute Gasteiger partial charge is 0.394 e. The van der Waals surface area contributed by atoms with E-state index < -0.39 is 4.92 Å². The minimum absolute atomic E-state index is 0.00550. The molecule has 1 aromatic heterocycles. The Morgan fingerprint density at radius 1 is 1.50 bits per heavy atom. The maximum atomic E-state index is 11.0. The average molecular weight is 277 g/mol. The van der Waals surface area contributed by atoms with Gasteiger partial charge in [0.1, 0.15) is 5.52 Å². The normalized spacial score (nSPS) is 12.3. The lowest BCUT2D eigenvalue weighted by Gasteiger charge is -2.17. The molecule has 1 unspecified atom stereocenters. The maximum absolute atomic E-state index is 11.0. The molecule has 1 aromatic carbocycles. The monoisotopic (exact) mass is 277 g/mol. The summed E-state index contributed by atoms with van der Waals surface area (Å²) in [5, 5.41) is 23.8. The molecule has 7 heteroatoms. The summed E-state index contributed by atoms with van der Waals surface area (Å²) in [4.78, 5) is 14.7. The molecule has 0 saturated heterocycles. The van der Waals surface area contributed by atoms with Gasteiger partial charge in [0.2, 0.25) is 0 Å². The van der Waals surface area contributed by atoms with Crippen LogP contribution < -0.4 is 5.32 Å². The van der Waals surface area contributed by atoms with Crippen LogP contribution >= 0.6 is 0 Å². The van der Waals surface area contributed by atoms with Crippen molar-refractivity contribution in [1.82, 2.24) is 4.98 Å². The number of nitrogens with zero attached hydrogens (tertiary/aromatic N) is 2. The lowest BCUT2D eigenvalue weighted by molar-refractivity contribution is -0.383. The molecule has 1 atom stereocenters. The second kappa shape index (κ2) is 6.27. The van der Waals surface area contributed by atoms with Crippen molar-refractivity contribution in [2.75, 3.05) is 25.6 Å². The minimum atomic E-state index is -0.438. The van der Waals surface area contributed by atoms with Crippen LogP contribution in [0, 0.1) is 10.1 Å². The number of non-ortho nitro benzene ring substituents is 1. The number of hydrogen-bond acceptors (Lipinski definition) is 6. The fraction of sp³-hybridized carbons (Fsp3) is 0.308. The Kier molecular flexibility index (Phi) is 4.44. The second-order valence-electron chi connectivity index (χ2n) is 4.27. The van der Waals surface area contributed by atoms with E-state index in [0.717, 1.165) is 0 Å². The van der Waals surface area contributed by atoms with Crippen LogP contribution in [0.4, 0.5) is 11.4 Å². The molecular weight excluding hydrogens is 262 g/mol. The van der Waals surface area contributed by atoms with E-state index in [9.17, 15) is 15.2 Å². The first kappa shape index (κ1) is 14.2. The van der Waals surface area contributed by atoms with E-state index in [1.54, 1.807) is 24.4 Å². The van der Waals surface area contributed by atoms with Crippen molar-refractivity contribution < 1.29 is 14.8 Å². The van der Waals surface area contributed by atoms with Gasteiger partial charge in [-0.2, -0.15) is 0 Å². The van der Waals surface area contributed by atoms with Crippen molar-refractivity contribution in [3.8, 4) is 0 Å². The summed E-state index contributed by atoms with van der Waals surface area (Å²) < 4.78 is 4.99. The summed E-state index contributed by atoms with van der Waals surface area (Å²) in [6, 6.07) is 6.01. The molecule has 0 aliphatic rings. The van der Waals surface area contributed by atoms with Gasteiger partial charge in [0, 0.05) is 19.4 Å². The lowest BCUT2D eigenvalue weighted by Crippen LogP contribution is -2.28. The third-order valence-electron chi connectivity index (χ3n) is 2.89. The van der Waals surface area contributed by atoms with Gasteiger partial charge in [0.25, 0.3) is 5.69 Å². The SMILES string of the molecule is COCC(CO)Nc1ccc([N+](=O)[O-])c2cccnc12. The van der Waals surface area contributed by atoms with E-state index >= 15 is 0 Å². The molecule has 2 aromatic rings. The number of aliphatic hydroxyl groups excluding tert-OH is 1. The van der Waals surface area contributed by atoms with E-state index in [-0.39, 0.29) is 18.3 Å². The van der Waals surface area contributed by atoms with Gasteiger partial charge < -0.3 is 15.2 Å². The van der Waals surface area contributed by atoms with Crippen LogP contribution in [0.3, 0.4) is 0 Å². The predicted octanol–water partition coefficient (Wildman–Crippen LogP) is 1.56. The number of hydrogen-bond donors (Lipinski definition) is 2. The van der Waals surface area contributed by atoms with Crippen LogP contribution in [-0.2, 0) is 4.74 Å². The number of nitrogens with one attached hydrogen (secondary N) is 1. The molecule has 7 nitrogen and oxygen atoms in total. The molecule has 0 aliphatic heterocycles. The van der Waals surface area contributed by atoms with E-state index in [2.05, 4.69) is 10.3 Å². The number of benzene rings is 1. The van der Waals surface area contributed by atoms with Crippen LogP contribution in [0.25, 0.3) is 10.9 Å². The van der Waals surface area contributed by atoms with Gasteiger partial charge in [0.15, 0.2) is 0 Å². The number of pyridine rings is 1. The van der Waals surface area contributed by atoms with Gasteiger partial charge in [-0.15, -0.1) is 0 Å². The Labute approximate surface area is 115 Å². The molecule has 0 amide bonds. The first-order valence-electron chi connectivity index (χ1n) is 6.05. The van der Waals surface area contributed by atoms with Crippen LogP contribution in [0.2, 0.25) is 0 Å². The van der Waals surface area contributed by atoms with E-state index in [1.165, 1.54) is 13.2 Å². The van der Waals surface area contributed by atoms with Crippen molar-refractivity contribution in [1.29, 1.82) is 0 Å². The summed E-state index contributed by atoms with van der Waals surface area (Å²) in [5.74, 6) is 0. The van der Waals surface area contributed by atoms with Crippen molar-refractivity contribution >= 4 is 22.3 Å². The maximum Gasteiger partial charge on any atom is 0.278 e. The molecule has 0 aliphatic carbocycles. The zero-order chi connectivity index (χ0) is 14.5. The number of aliphatic hydroxyl groups is 1. The zero-order valence-electron chi connectivity index (χ0n) is 10.9. The van der Waals surface area contributed by atoms with E-state index in [1.807, 2.05) is 0 Å². The van der Waals surface area contributed by atoms with Crippen molar-refractivity contribution in [2.45, 2.75) is 6.04 Å². The van der Waals surface area contributed by atoms with Gasteiger partial charge in [-0.05, 0) is 18.2 Å². The second-order valence-corrected chi connectivity index (χ2v) is 4.27. The number of fused-ring (bicyclic) bond motifs is 1. The molecule has 0 spiro atoms. The summed E-state index contributed by atoms with van der Waals surface area (Å²) in [6.45, 7) is 0.209. The first-order valence-corrected chi connectivity index (χ1v) is 6.05. The molecule has 0 radical (unpaired) electrons. The van der Waals surface area contributed by atoms with Crippen molar-refractivity contribution in [3.05, 3.63) is 40.6 Å². The summed E-state index contributed by atoms with van der Waals surface area (Å²) in [5.41, 5.74) is 1.13. The van der Waals surface area contributed by atoms with Crippen LogP contribution in [0.5, 0.6) is 0 Å². The lowest BCUT2D eigenvalue weighted by atomic mass is 10.1. The molecule has 1 heterocycles. The van der Waals surface area contributed by atoms with Gasteiger partial charge in [-0.1, -0.05) is 0 Å². The van der Waals surface area contributed by atoms with Gasteiger partial charge in [0.05, 0.1) is 35.3 Å². The molecule has 2 rings (SSSR count). The van der Waals surface area contributed by atoms with Crippen LogP contribution in [0.15, 0.2) is 30.5 Å². The third-order valence-corrected chi connectivity index (χ3v) is 2.89. The smallest absolute Gasteiger partial charge is 0.278 e. The fourth-order valence-corrected chi connectivity index (χ4v) is 1.99. The predicted molar refractivity (Wildman–Crippen MR) is 74.8 cm³/mol. The summed E-state index contributed by atoms with van der Waals surface area (Å²) in [7, 11) is 1.54. The Morgan fingerprint density at radius 3 is 2.95 bits per heavy atom. The zero-order valence-corrected chi connectivity index (χ0v) is 10.9. The number of aromatic nitrogens is 1. The highest BCUT2D eigenvalue weighted by molar-refractivity contribution is 5.96. The van der Waals surface area contributed by atoms with Gasteiger partial charge in [-0.25, -0.2) is 0 Å². The number of nitro groups is 1. The molecular formula is C13H15N3O4. The molecule has 106 valence electrons.